The van der Waals surface area contributed by atoms with Gasteiger partial charge in [-0.25, -0.2) is 0 Å². The highest BCUT2D eigenvalue weighted by Gasteiger charge is 2.14. The summed E-state index contributed by atoms with van der Waals surface area (Å²) < 4.78 is 5.93. The van der Waals surface area contributed by atoms with Crippen molar-refractivity contribution in [3.63, 3.8) is 0 Å². The maximum absolute atomic E-state index is 8.69. The topological polar surface area (TPSA) is 29.5 Å². The van der Waals surface area contributed by atoms with Crippen LogP contribution in [0, 0.1) is 11.8 Å². The molecule has 0 amide bonds. The first-order chi connectivity index (χ1) is 8.40. The lowest BCUT2D eigenvalue weighted by Gasteiger charge is -2.21. The Balaban J connectivity index is 1.87. The van der Waals surface area contributed by atoms with E-state index < -0.39 is 0 Å². The molecule has 0 spiro atoms. The van der Waals surface area contributed by atoms with E-state index in [1.54, 1.807) is 11.3 Å². The minimum atomic E-state index is -0.0846. The summed E-state index contributed by atoms with van der Waals surface area (Å²) >= 11 is 1.68. The smallest absolute Gasteiger partial charge is 0.104 e. The van der Waals surface area contributed by atoms with Crippen LogP contribution >= 0.6 is 11.3 Å². The van der Waals surface area contributed by atoms with Crippen molar-refractivity contribution < 1.29 is 9.84 Å². The van der Waals surface area contributed by atoms with Crippen molar-refractivity contribution in [3.8, 4) is 11.8 Å². The van der Waals surface area contributed by atoms with Gasteiger partial charge in [0.2, 0.25) is 0 Å². The lowest BCUT2D eigenvalue weighted by molar-refractivity contribution is 0.0181. The van der Waals surface area contributed by atoms with Crippen LogP contribution in [0.1, 0.15) is 42.5 Å². The van der Waals surface area contributed by atoms with E-state index in [2.05, 4.69) is 11.8 Å². The molecule has 2 nitrogen and oxygen atoms in total. The Hall–Kier alpha value is -0.820. The van der Waals surface area contributed by atoms with Crippen molar-refractivity contribution in [1.82, 2.24) is 0 Å². The number of thiophene rings is 1. The molecule has 0 unspecified atom stereocenters. The molecule has 2 rings (SSSR count). The molecular formula is C14H18O2S. The largest absolute Gasteiger partial charge is 0.384 e. The van der Waals surface area contributed by atoms with E-state index in [4.69, 9.17) is 9.84 Å². The van der Waals surface area contributed by atoms with Gasteiger partial charge in [-0.15, -0.1) is 11.3 Å². The standard InChI is InChI=1S/C14H18O2S/c15-9-4-5-12-8-10-17-14(12)11-16-13-6-2-1-3-7-13/h8,10,13,15H,1-3,6-7,9,11H2. The van der Waals surface area contributed by atoms with Crippen LogP contribution in [0.5, 0.6) is 0 Å². The van der Waals surface area contributed by atoms with Gasteiger partial charge in [-0.05, 0) is 24.3 Å². The van der Waals surface area contributed by atoms with E-state index in [1.165, 1.54) is 37.0 Å². The summed E-state index contributed by atoms with van der Waals surface area (Å²) in [7, 11) is 0. The molecule has 1 aromatic heterocycles. The molecule has 1 aliphatic rings. The van der Waals surface area contributed by atoms with Crippen LogP contribution in [0.4, 0.5) is 0 Å². The van der Waals surface area contributed by atoms with Gasteiger partial charge in [0, 0.05) is 10.4 Å². The lowest BCUT2D eigenvalue weighted by Crippen LogP contribution is -2.16. The monoisotopic (exact) mass is 250 g/mol. The maximum atomic E-state index is 8.69. The molecule has 1 aromatic rings. The first-order valence-electron chi connectivity index (χ1n) is 6.18. The van der Waals surface area contributed by atoms with Crippen molar-refractivity contribution in [1.29, 1.82) is 0 Å². The van der Waals surface area contributed by atoms with Crippen LogP contribution in [0.15, 0.2) is 11.4 Å². The Kier molecular flexibility index (Phi) is 5.06. The summed E-state index contributed by atoms with van der Waals surface area (Å²) in [5.41, 5.74) is 1.000. The Morgan fingerprint density at radius 1 is 1.35 bits per heavy atom. The van der Waals surface area contributed by atoms with Crippen LogP contribution in [0.3, 0.4) is 0 Å². The average molecular weight is 250 g/mol. The summed E-state index contributed by atoms with van der Waals surface area (Å²) in [5.74, 6) is 5.65. The van der Waals surface area contributed by atoms with Gasteiger partial charge in [-0.2, -0.15) is 0 Å². The minimum Gasteiger partial charge on any atom is -0.384 e. The second-order valence-electron chi connectivity index (χ2n) is 4.29. The molecule has 92 valence electrons. The van der Waals surface area contributed by atoms with Crippen LogP contribution in [0.25, 0.3) is 0 Å². The quantitative estimate of drug-likeness (QED) is 0.836. The zero-order chi connectivity index (χ0) is 11.9. The summed E-state index contributed by atoms with van der Waals surface area (Å²) in [6, 6.07) is 1.99. The molecule has 17 heavy (non-hydrogen) atoms. The van der Waals surface area contributed by atoms with Gasteiger partial charge in [0.1, 0.15) is 6.61 Å². The third-order valence-electron chi connectivity index (χ3n) is 3.05. The number of hydrogen-bond acceptors (Lipinski definition) is 3. The van der Waals surface area contributed by atoms with Crippen LogP contribution < -0.4 is 0 Å². The number of ether oxygens (including phenoxy) is 1. The van der Waals surface area contributed by atoms with E-state index in [9.17, 15) is 0 Å². The fourth-order valence-electron chi connectivity index (χ4n) is 2.12. The van der Waals surface area contributed by atoms with Gasteiger partial charge >= 0.3 is 0 Å². The van der Waals surface area contributed by atoms with Crippen molar-refractivity contribution >= 4 is 11.3 Å². The lowest BCUT2D eigenvalue weighted by atomic mass is 9.98. The number of hydrogen-bond donors (Lipinski definition) is 1. The van der Waals surface area contributed by atoms with Crippen molar-refractivity contribution in [2.24, 2.45) is 0 Å². The fourth-order valence-corrected chi connectivity index (χ4v) is 2.87. The highest BCUT2D eigenvalue weighted by molar-refractivity contribution is 7.10. The average Bonchev–Trinajstić information content (AvgIpc) is 2.82. The van der Waals surface area contributed by atoms with Crippen molar-refractivity contribution in [3.05, 3.63) is 21.9 Å². The van der Waals surface area contributed by atoms with Crippen LogP contribution in [0.2, 0.25) is 0 Å². The molecule has 1 saturated carbocycles. The normalized spacial score (nSPS) is 16.5. The van der Waals surface area contributed by atoms with E-state index >= 15 is 0 Å². The maximum Gasteiger partial charge on any atom is 0.104 e. The molecule has 1 N–H and O–H groups in total. The Morgan fingerprint density at radius 2 is 2.18 bits per heavy atom. The second-order valence-corrected chi connectivity index (χ2v) is 5.29. The molecule has 1 aliphatic carbocycles. The Labute approximate surface area is 107 Å². The second kappa shape index (κ2) is 6.80. The predicted molar refractivity (Wildman–Crippen MR) is 69.9 cm³/mol. The van der Waals surface area contributed by atoms with E-state index in [-0.39, 0.29) is 6.61 Å². The fraction of sp³-hybridized carbons (Fsp3) is 0.571. The highest BCUT2D eigenvalue weighted by Crippen LogP contribution is 2.23. The molecule has 0 saturated heterocycles. The van der Waals surface area contributed by atoms with E-state index in [0.717, 1.165) is 5.56 Å². The minimum absolute atomic E-state index is 0.0846. The summed E-state index contributed by atoms with van der Waals surface area (Å²) in [6.45, 7) is 0.580. The third kappa shape index (κ3) is 3.85. The molecule has 0 atom stereocenters. The molecule has 0 aromatic carbocycles. The highest BCUT2D eigenvalue weighted by atomic mass is 32.1. The van der Waals surface area contributed by atoms with E-state index in [0.29, 0.717) is 12.7 Å². The Morgan fingerprint density at radius 3 is 2.94 bits per heavy atom. The number of rotatable bonds is 3. The first kappa shape index (κ1) is 12.6. The summed E-state index contributed by atoms with van der Waals surface area (Å²) in [5, 5.41) is 10.7. The molecule has 0 radical (unpaired) electrons. The van der Waals surface area contributed by atoms with Gasteiger partial charge < -0.3 is 9.84 Å². The van der Waals surface area contributed by atoms with Gasteiger partial charge in [0.05, 0.1) is 12.7 Å². The molecular weight excluding hydrogens is 232 g/mol. The molecule has 1 heterocycles. The zero-order valence-corrected chi connectivity index (χ0v) is 10.8. The summed E-state index contributed by atoms with van der Waals surface area (Å²) in [6.07, 6.45) is 6.78. The molecule has 1 fully saturated rings. The number of aliphatic hydroxyl groups is 1. The van der Waals surface area contributed by atoms with E-state index in [1.807, 2.05) is 11.4 Å². The van der Waals surface area contributed by atoms with Gasteiger partial charge in [0.25, 0.3) is 0 Å². The summed E-state index contributed by atoms with van der Waals surface area (Å²) in [4.78, 5) is 1.18. The van der Waals surface area contributed by atoms with Gasteiger partial charge in [-0.3, -0.25) is 0 Å². The third-order valence-corrected chi connectivity index (χ3v) is 3.94. The first-order valence-corrected chi connectivity index (χ1v) is 7.06. The van der Waals surface area contributed by atoms with Gasteiger partial charge in [0.15, 0.2) is 0 Å². The van der Waals surface area contributed by atoms with Crippen molar-refractivity contribution in [2.75, 3.05) is 6.61 Å². The van der Waals surface area contributed by atoms with Gasteiger partial charge in [-0.1, -0.05) is 31.1 Å². The Bertz CT molecular complexity index is 394. The zero-order valence-electron chi connectivity index (χ0n) is 9.95. The molecule has 0 aliphatic heterocycles. The predicted octanol–water partition coefficient (Wildman–Crippen LogP) is 2.94. The van der Waals surface area contributed by atoms with Crippen LogP contribution in [-0.2, 0) is 11.3 Å². The molecule has 3 heteroatoms. The van der Waals surface area contributed by atoms with Crippen molar-refractivity contribution in [2.45, 2.75) is 44.8 Å². The van der Waals surface area contributed by atoms with Crippen LogP contribution in [-0.4, -0.2) is 17.8 Å². The number of aliphatic hydroxyl groups excluding tert-OH is 1. The molecule has 0 bridgehead atoms. The SMILES string of the molecule is OCC#Cc1ccsc1COC1CCCCC1.